The molecule has 1 aliphatic carbocycles. The van der Waals surface area contributed by atoms with Crippen LogP contribution in [0.3, 0.4) is 0 Å². The van der Waals surface area contributed by atoms with Gasteiger partial charge in [0.2, 0.25) is 0 Å². The minimum atomic E-state index is 0.466. The van der Waals surface area contributed by atoms with Gasteiger partial charge in [0.25, 0.3) is 0 Å². The summed E-state index contributed by atoms with van der Waals surface area (Å²) in [7, 11) is 0. The van der Waals surface area contributed by atoms with Crippen LogP contribution in [0, 0.1) is 17.3 Å². The molecule has 2 heterocycles. The zero-order chi connectivity index (χ0) is 13.5. The number of thiazole rings is 1. The Balaban J connectivity index is 1.77. The molecule has 0 amide bonds. The molecule has 0 saturated heterocycles. The van der Waals surface area contributed by atoms with E-state index in [1.54, 1.807) is 11.3 Å². The van der Waals surface area contributed by atoms with E-state index in [1.165, 1.54) is 25.0 Å². The Kier molecular flexibility index (Phi) is 3.39. The molecule has 2 aromatic rings. The molecule has 0 aliphatic heterocycles. The smallest absolute Gasteiger partial charge is 0.193 e. The van der Waals surface area contributed by atoms with Crippen LogP contribution in [0.1, 0.15) is 38.8 Å². The van der Waals surface area contributed by atoms with Crippen molar-refractivity contribution in [2.24, 2.45) is 23.0 Å². The predicted octanol–water partition coefficient (Wildman–Crippen LogP) is 3.34. The van der Waals surface area contributed by atoms with E-state index in [-0.39, 0.29) is 0 Å². The summed E-state index contributed by atoms with van der Waals surface area (Å²) >= 11 is 1.70. The number of imidazole rings is 1. The van der Waals surface area contributed by atoms with E-state index in [4.69, 9.17) is 10.7 Å². The Morgan fingerprint density at radius 2 is 2.32 bits per heavy atom. The first-order valence-corrected chi connectivity index (χ1v) is 8.06. The van der Waals surface area contributed by atoms with Gasteiger partial charge in [-0.25, -0.2) is 4.98 Å². The van der Waals surface area contributed by atoms with Crippen molar-refractivity contribution < 1.29 is 0 Å². The summed E-state index contributed by atoms with van der Waals surface area (Å²) in [6.07, 6.45) is 9.21. The standard InChI is InChI=1S/C15H23N3S/c1-15(2)4-3-11(9-16)12(8-15)7-13-10-18-5-6-19-14(18)17-13/h5-6,10-12H,3-4,7-9,16H2,1-2H3. The summed E-state index contributed by atoms with van der Waals surface area (Å²) in [5.74, 6) is 1.37. The van der Waals surface area contributed by atoms with Crippen molar-refractivity contribution in [2.45, 2.75) is 39.5 Å². The summed E-state index contributed by atoms with van der Waals surface area (Å²) in [6.45, 7) is 5.60. The van der Waals surface area contributed by atoms with Crippen molar-refractivity contribution in [3.05, 3.63) is 23.5 Å². The van der Waals surface area contributed by atoms with Crippen LogP contribution in [0.4, 0.5) is 0 Å². The van der Waals surface area contributed by atoms with Gasteiger partial charge in [-0.2, -0.15) is 0 Å². The number of nitrogens with zero attached hydrogens (tertiary/aromatic N) is 2. The minimum Gasteiger partial charge on any atom is -0.330 e. The van der Waals surface area contributed by atoms with Gasteiger partial charge < -0.3 is 5.73 Å². The lowest BCUT2D eigenvalue weighted by atomic mass is 9.66. The van der Waals surface area contributed by atoms with Crippen molar-refractivity contribution in [3.8, 4) is 0 Å². The Bertz CT molecular complexity index is 526. The number of nitrogens with two attached hydrogens (primary N) is 1. The monoisotopic (exact) mass is 277 g/mol. The molecule has 104 valence electrons. The van der Waals surface area contributed by atoms with Crippen molar-refractivity contribution in [3.63, 3.8) is 0 Å². The highest BCUT2D eigenvalue weighted by Crippen LogP contribution is 2.42. The Morgan fingerprint density at radius 1 is 1.47 bits per heavy atom. The van der Waals surface area contributed by atoms with Gasteiger partial charge in [0.05, 0.1) is 5.69 Å². The number of hydrogen-bond donors (Lipinski definition) is 1. The maximum absolute atomic E-state index is 5.97. The summed E-state index contributed by atoms with van der Waals surface area (Å²) in [5.41, 5.74) is 7.66. The fourth-order valence-corrected chi connectivity index (χ4v) is 4.20. The van der Waals surface area contributed by atoms with Crippen LogP contribution in [0.25, 0.3) is 4.96 Å². The quantitative estimate of drug-likeness (QED) is 0.935. The second kappa shape index (κ2) is 4.91. The first kappa shape index (κ1) is 13.1. The van der Waals surface area contributed by atoms with Gasteiger partial charge in [0.15, 0.2) is 4.96 Å². The van der Waals surface area contributed by atoms with Gasteiger partial charge in [0.1, 0.15) is 0 Å². The maximum Gasteiger partial charge on any atom is 0.193 e. The van der Waals surface area contributed by atoms with E-state index in [1.807, 2.05) is 0 Å². The SMILES string of the molecule is CC1(C)CCC(CN)C(Cc2cn3ccsc3n2)C1. The van der Waals surface area contributed by atoms with E-state index in [2.05, 4.69) is 36.0 Å². The highest BCUT2D eigenvalue weighted by atomic mass is 32.1. The van der Waals surface area contributed by atoms with E-state index in [9.17, 15) is 0 Å². The fraction of sp³-hybridized carbons (Fsp3) is 0.667. The molecule has 1 saturated carbocycles. The van der Waals surface area contributed by atoms with Crippen LogP contribution in [0.2, 0.25) is 0 Å². The molecule has 2 unspecified atom stereocenters. The predicted molar refractivity (Wildman–Crippen MR) is 80.4 cm³/mol. The molecule has 19 heavy (non-hydrogen) atoms. The van der Waals surface area contributed by atoms with Crippen LogP contribution in [0.5, 0.6) is 0 Å². The number of hydrogen-bond acceptors (Lipinski definition) is 3. The molecular formula is C15H23N3S. The fourth-order valence-electron chi connectivity index (χ4n) is 3.48. The first-order valence-electron chi connectivity index (χ1n) is 7.18. The molecule has 3 nitrogen and oxygen atoms in total. The molecule has 1 aliphatic rings. The summed E-state index contributed by atoms with van der Waals surface area (Å²) in [6, 6.07) is 0. The van der Waals surface area contributed by atoms with E-state index >= 15 is 0 Å². The maximum atomic E-state index is 5.97. The lowest BCUT2D eigenvalue weighted by Crippen LogP contribution is -2.35. The molecule has 2 N–H and O–H groups in total. The van der Waals surface area contributed by atoms with Gasteiger partial charge in [0, 0.05) is 17.8 Å². The van der Waals surface area contributed by atoms with Crippen molar-refractivity contribution in [1.29, 1.82) is 0 Å². The molecule has 0 bridgehead atoms. The lowest BCUT2D eigenvalue weighted by molar-refractivity contribution is 0.121. The van der Waals surface area contributed by atoms with Crippen LogP contribution in [-0.4, -0.2) is 15.9 Å². The summed E-state index contributed by atoms with van der Waals surface area (Å²) in [4.78, 5) is 5.83. The molecule has 2 aromatic heterocycles. The molecule has 2 atom stereocenters. The normalized spacial score (nSPS) is 26.9. The zero-order valence-electron chi connectivity index (χ0n) is 11.8. The largest absolute Gasteiger partial charge is 0.330 e. The van der Waals surface area contributed by atoms with Crippen molar-refractivity contribution in [1.82, 2.24) is 9.38 Å². The second-order valence-electron chi connectivity index (χ2n) is 6.69. The summed E-state index contributed by atoms with van der Waals surface area (Å²) in [5, 5.41) is 2.08. The average Bonchev–Trinajstić information content (AvgIpc) is 2.88. The molecular weight excluding hydrogens is 254 g/mol. The van der Waals surface area contributed by atoms with E-state index in [0.717, 1.165) is 17.9 Å². The third-order valence-corrected chi connectivity index (χ3v) is 5.36. The Morgan fingerprint density at radius 3 is 3.05 bits per heavy atom. The van der Waals surface area contributed by atoms with Gasteiger partial charge >= 0.3 is 0 Å². The lowest BCUT2D eigenvalue weighted by Gasteiger charge is -2.40. The molecule has 0 aromatic carbocycles. The molecule has 0 radical (unpaired) electrons. The van der Waals surface area contributed by atoms with Crippen molar-refractivity contribution >= 4 is 16.3 Å². The van der Waals surface area contributed by atoms with E-state index in [0.29, 0.717) is 17.3 Å². The third-order valence-electron chi connectivity index (χ3n) is 4.59. The highest BCUT2D eigenvalue weighted by molar-refractivity contribution is 7.15. The Labute approximate surface area is 118 Å². The van der Waals surface area contributed by atoms with Crippen LogP contribution in [-0.2, 0) is 6.42 Å². The molecule has 0 spiro atoms. The first-order chi connectivity index (χ1) is 9.07. The molecule has 1 fully saturated rings. The van der Waals surface area contributed by atoms with Gasteiger partial charge in [-0.3, -0.25) is 4.40 Å². The summed E-state index contributed by atoms with van der Waals surface area (Å²) < 4.78 is 2.13. The second-order valence-corrected chi connectivity index (χ2v) is 7.57. The highest BCUT2D eigenvalue weighted by Gasteiger charge is 2.34. The number of aromatic nitrogens is 2. The van der Waals surface area contributed by atoms with Crippen molar-refractivity contribution in [2.75, 3.05) is 6.54 Å². The van der Waals surface area contributed by atoms with Crippen LogP contribution < -0.4 is 5.73 Å². The molecule has 4 heteroatoms. The van der Waals surface area contributed by atoms with E-state index < -0.39 is 0 Å². The van der Waals surface area contributed by atoms with Gasteiger partial charge in [-0.05, 0) is 49.5 Å². The molecule has 3 rings (SSSR count). The minimum absolute atomic E-state index is 0.466. The van der Waals surface area contributed by atoms with Crippen LogP contribution >= 0.6 is 11.3 Å². The average molecular weight is 277 g/mol. The number of fused-ring (bicyclic) bond motifs is 1. The Hall–Kier alpha value is -0.870. The third kappa shape index (κ3) is 2.70. The number of rotatable bonds is 3. The van der Waals surface area contributed by atoms with Gasteiger partial charge in [-0.15, -0.1) is 11.3 Å². The topological polar surface area (TPSA) is 43.3 Å². The van der Waals surface area contributed by atoms with Crippen LogP contribution in [0.15, 0.2) is 17.8 Å². The van der Waals surface area contributed by atoms with Gasteiger partial charge in [-0.1, -0.05) is 13.8 Å². The zero-order valence-corrected chi connectivity index (χ0v) is 12.6.